The molecule has 0 saturated carbocycles. The molecule has 25 heavy (non-hydrogen) atoms. The van der Waals surface area contributed by atoms with Gasteiger partial charge >= 0.3 is 0 Å². The van der Waals surface area contributed by atoms with Crippen LogP contribution in [0.2, 0.25) is 0 Å². The molecule has 0 aliphatic rings. The molecule has 0 aromatic heterocycles. The highest BCUT2D eigenvalue weighted by Crippen LogP contribution is 2.21. The van der Waals surface area contributed by atoms with Crippen LogP contribution >= 0.6 is 0 Å². The number of benzene rings is 2. The van der Waals surface area contributed by atoms with E-state index in [1.54, 1.807) is 36.4 Å². The lowest BCUT2D eigenvalue weighted by Gasteiger charge is -2.14. The first-order valence-corrected chi connectivity index (χ1v) is 8.85. The number of ether oxygens (including phenoxy) is 2. The summed E-state index contributed by atoms with van der Waals surface area (Å²) in [5, 5.41) is 8.12. The maximum absolute atomic E-state index is 12.2. The molecule has 0 amide bonds. The predicted molar refractivity (Wildman–Crippen MR) is 94.5 cm³/mol. The Kier molecular flexibility index (Phi) is 6.59. The average Bonchev–Trinajstić information content (AvgIpc) is 2.62. The maximum atomic E-state index is 12.2. The lowest BCUT2D eigenvalue weighted by molar-refractivity contribution is -0.0960. The number of nitrogens with zero attached hydrogens (tertiary/aromatic N) is 2. The van der Waals surface area contributed by atoms with Gasteiger partial charge in [-0.2, -0.15) is 10.2 Å². The van der Waals surface area contributed by atoms with E-state index in [-0.39, 0.29) is 11.4 Å². The molecule has 0 fully saturated rings. The van der Waals surface area contributed by atoms with Crippen molar-refractivity contribution in [1.82, 2.24) is 4.72 Å². The van der Waals surface area contributed by atoms with Crippen molar-refractivity contribution in [2.45, 2.75) is 11.2 Å². The number of hydrogen-bond acceptors (Lipinski definition) is 7. The van der Waals surface area contributed by atoms with Crippen molar-refractivity contribution in [3.63, 3.8) is 0 Å². The van der Waals surface area contributed by atoms with E-state index in [0.29, 0.717) is 17.1 Å². The second-order valence-corrected chi connectivity index (χ2v) is 6.81. The number of rotatable bonds is 8. The van der Waals surface area contributed by atoms with Crippen molar-refractivity contribution in [3.8, 4) is 0 Å². The van der Waals surface area contributed by atoms with Crippen molar-refractivity contribution in [1.29, 1.82) is 0 Å². The van der Waals surface area contributed by atoms with E-state index in [2.05, 4.69) is 15.0 Å². The molecule has 0 saturated heterocycles. The number of anilines is 1. The number of methoxy groups -OCH3 is 2. The summed E-state index contributed by atoms with van der Waals surface area (Å²) >= 11 is 0. The van der Waals surface area contributed by atoms with Gasteiger partial charge in [-0.05, 0) is 48.5 Å². The standard InChI is InChI=1S/C16H20N4O4S/c1-23-16(24-2)11-18-25(21,22)15-9-7-14(8-10-15)20-19-13-5-3-12(17)4-6-13/h3-10,16,18H,11,17H2,1-2H3. The third kappa shape index (κ3) is 5.61. The second-order valence-electron chi connectivity index (χ2n) is 5.04. The second kappa shape index (κ2) is 8.67. The minimum atomic E-state index is -3.66. The Hall–Kier alpha value is -2.33. The molecule has 2 rings (SSSR count). The monoisotopic (exact) mass is 364 g/mol. The number of nitrogens with one attached hydrogen (secondary N) is 1. The van der Waals surface area contributed by atoms with Gasteiger partial charge < -0.3 is 15.2 Å². The highest BCUT2D eigenvalue weighted by Gasteiger charge is 2.16. The van der Waals surface area contributed by atoms with Crippen molar-refractivity contribution in [2.24, 2.45) is 10.2 Å². The Labute approximate surface area is 146 Å². The fourth-order valence-electron chi connectivity index (χ4n) is 1.87. The Balaban J connectivity index is 2.04. The summed E-state index contributed by atoms with van der Waals surface area (Å²) in [6, 6.07) is 13.0. The van der Waals surface area contributed by atoms with Crippen molar-refractivity contribution >= 4 is 27.1 Å². The zero-order valence-corrected chi connectivity index (χ0v) is 14.7. The number of hydrogen-bond donors (Lipinski definition) is 2. The van der Waals surface area contributed by atoms with Crippen LogP contribution in [0.5, 0.6) is 0 Å². The highest BCUT2D eigenvalue weighted by atomic mass is 32.2. The van der Waals surface area contributed by atoms with Crippen LogP contribution in [0.25, 0.3) is 0 Å². The van der Waals surface area contributed by atoms with Gasteiger partial charge in [0, 0.05) is 19.9 Å². The number of sulfonamides is 1. The zero-order chi connectivity index (χ0) is 18.3. The van der Waals surface area contributed by atoms with E-state index < -0.39 is 16.3 Å². The molecular formula is C16H20N4O4S. The number of azo groups is 1. The first kappa shape index (κ1) is 19.0. The van der Waals surface area contributed by atoms with E-state index in [4.69, 9.17) is 15.2 Å². The molecule has 0 radical (unpaired) electrons. The van der Waals surface area contributed by atoms with Crippen LogP contribution in [0, 0.1) is 0 Å². The number of nitrogen functional groups attached to an aromatic ring is 1. The Bertz CT molecular complexity index is 801. The Morgan fingerprint density at radius 2 is 1.44 bits per heavy atom. The van der Waals surface area contributed by atoms with Crippen LogP contribution in [0.4, 0.5) is 17.1 Å². The molecule has 0 unspecified atom stereocenters. The van der Waals surface area contributed by atoms with Crippen molar-refractivity contribution in [2.75, 3.05) is 26.5 Å². The lowest BCUT2D eigenvalue weighted by atomic mass is 10.3. The molecular weight excluding hydrogens is 344 g/mol. The summed E-state index contributed by atoms with van der Waals surface area (Å²) < 4.78 is 36.7. The van der Waals surface area contributed by atoms with E-state index in [1.165, 1.54) is 26.4 Å². The zero-order valence-electron chi connectivity index (χ0n) is 13.9. The third-order valence-corrected chi connectivity index (χ3v) is 4.73. The molecule has 0 spiro atoms. The summed E-state index contributed by atoms with van der Waals surface area (Å²) in [6.45, 7) is 0.00787. The van der Waals surface area contributed by atoms with Gasteiger partial charge in [0.2, 0.25) is 10.0 Å². The molecule has 0 bridgehead atoms. The van der Waals surface area contributed by atoms with E-state index >= 15 is 0 Å². The molecule has 0 aliphatic carbocycles. The normalized spacial score (nSPS) is 12.1. The summed E-state index contributed by atoms with van der Waals surface area (Å²) in [4.78, 5) is 0.116. The molecule has 3 N–H and O–H groups in total. The Morgan fingerprint density at radius 1 is 0.960 bits per heavy atom. The minimum absolute atomic E-state index is 0.00787. The van der Waals surface area contributed by atoms with E-state index in [0.717, 1.165) is 0 Å². The smallest absolute Gasteiger partial charge is 0.240 e. The first-order chi connectivity index (χ1) is 11.9. The summed E-state index contributed by atoms with van der Waals surface area (Å²) in [6.07, 6.45) is -0.650. The van der Waals surface area contributed by atoms with Crippen LogP contribution in [-0.4, -0.2) is 35.5 Å². The topological polar surface area (TPSA) is 115 Å². The lowest BCUT2D eigenvalue weighted by Crippen LogP contribution is -2.34. The first-order valence-electron chi connectivity index (χ1n) is 7.37. The van der Waals surface area contributed by atoms with E-state index in [9.17, 15) is 8.42 Å². The molecule has 2 aromatic carbocycles. The van der Waals surface area contributed by atoms with Gasteiger partial charge in [0.1, 0.15) is 0 Å². The van der Waals surface area contributed by atoms with Gasteiger partial charge in [0.15, 0.2) is 6.29 Å². The van der Waals surface area contributed by atoms with Gasteiger partial charge in [0.05, 0.1) is 22.8 Å². The summed E-state index contributed by atoms with van der Waals surface area (Å²) in [5.41, 5.74) is 7.43. The van der Waals surface area contributed by atoms with Crippen LogP contribution < -0.4 is 10.5 Å². The molecule has 134 valence electrons. The van der Waals surface area contributed by atoms with Crippen LogP contribution in [0.1, 0.15) is 0 Å². The molecule has 0 heterocycles. The van der Waals surface area contributed by atoms with Gasteiger partial charge in [-0.15, -0.1) is 0 Å². The van der Waals surface area contributed by atoms with Gasteiger partial charge in [-0.1, -0.05) is 0 Å². The molecule has 8 nitrogen and oxygen atoms in total. The van der Waals surface area contributed by atoms with Crippen LogP contribution in [0.15, 0.2) is 63.7 Å². The molecule has 0 aliphatic heterocycles. The number of nitrogens with two attached hydrogens (primary N) is 1. The fraction of sp³-hybridized carbons (Fsp3) is 0.250. The van der Waals surface area contributed by atoms with Gasteiger partial charge in [0.25, 0.3) is 0 Å². The van der Waals surface area contributed by atoms with E-state index in [1.807, 2.05) is 0 Å². The fourth-order valence-corrected chi connectivity index (χ4v) is 2.89. The highest BCUT2D eigenvalue weighted by molar-refractivity contribution is 7.89. The van der Waals surface area contributed by atoms with Crippen molar-refractivity contribution in [3.05, 3.63) is 48.5 Å². The quantitative estimate of drug-likeness (QED) is 0.424. The van der Waals surface area contributed by atoms with Gasteiger partial charge in [-0.3, -0.25) is 0 Å². The average molecular weight is 364 g/mol. The summed E-state index contributed by atoms with van der Waals surface area (Å²) in [5.74, 6) is 0. The van der Waals surface area contributed by atoms with Gasteiger partial charge in [-0.25, -0.2) is 13.1 Å². The molecule has 9 heteroatoms. The maximum Gasteiger partial charge on any atom is 0.240 e. The minimum Gasteiger partial charge on any atom is -0.399 e. The molecule has 2 aromatic rings. The summed E-state index contributed by atoms with van der Waals surface area (Å²) in [7, 11) is -0.793. The predicted octanol–water partition coefficient (Wildman–Crippen LogP) is 2.58. The van der Waals surface area contributed by atoms with Crippen LogP contribution in [-0.2, 0) is 19.5 Å². The van der Waals surface area contributed by atoms with Crippen molar-refractivity contribution < 1.29 is 17.9 Å². The molecule has 0 atom stereocenters. The Morgan fingerprint density at radius 3 is 1.92 bits per heavy atom. The third-order valence-electron chi connectivity index (χ3n) is 3.29. The largest absolute Gasteiger partial charge is 0.399 e. The SMILES string of the molecule is COC(CNS(=O)(=O)c1ccc(N=Nc2ccc(N)cc2)cc1)OC. The van der Waals surface area contributed by atoms with Crippen LogP contribution in [0.3, 0.4) is 0 Å².